The monoisotopic (exact) mass is 225 g/mol. The summed E-state index contributed by atoms with van der Waals surface area (Å²) in [4.78, 5) is 11.0. The first-order chi connectivity index (χ1) is 7.68. The molecule has 0 spiro atoms. The lowest BCUT2D eigenvalue weighted by atomic mass is 10.1. The van der Waals surface area contributed by atoms with Crippen LogP contribution < -0.4 is 5.32 Å². The van der Waals surface area contributed by atoms with Gasteiger partial charge in [0, 0.05) is 12.1 Å². The molecule has 0 bridgehead atoms. The summed E-state index contributed by atoms with van der Waals surface area (Å²) in [6.07, 6.45) is 0. The van der Waals surface area contributed by atoms with E-state index in [9.17, 15) is 4.79 Å². The third-order valence-corrected chi connectivity index (χ3v) is 1.88. The standard InChI is InChI=1S/C8H7NO3.2C2H6/c10-6-1-4-3-9-8(12)5(4)2-7(6)11;2*1-2/h1-2,10-11H,3H2,(H,9,12);2*1-2H3. The predicted molar refractivity (Wildman–Crippen MR) is 63.6 cm³/mol. The minimum absolute atomic E-state index is 0.190. The second kappa shape index (κ2) is 6.71. The van der Waals surface area contributed by atoms with E-state index in [1.54, 1.807) is 0 Å². The predicted octanol–water partition coefficient (Wildman–Crippen LogP) is 2.39. The maximum absolute atomic E-state index is 11.0. The Kier molecular flexibility index (Phi) is 6.00. The van der Waals surface area contributed by atoms with Crippen molar-refractivity contribution in [3.05, 3.63) is 23.3 Å². The van der Waals surface area contributed by atoms with E-state index in [-0.39, 0.29) is 17.4 Å². The number of fused-ring (bicyclic) bond motifs is 1. The lowest BCUT2D eigenvalue weighted by Crippen LogP contribution is -2.12. The van der Waals surface area contributed by atoms with E-state index < -0.39 is 0 Å². The van der Waals surface area contributed by atoms with Gasteiger partial charge in [0.15, 0.2) is 11.5 Å². The number of hydrogen-bond acceptors (Lipinski definition) is 3. The molecule has 16 heavy (non-hydrogen) atoms. The summed E-state index contributed by atoms with van der Waals surface area (Å²) in [5, 5.41) is 20.7. The zero-order valence-corrected chi connectivity index (χ0v) is 10.2. The van der Waals surface area contributed by atoms with Crippen LogP contribution in [0.5, 0.6) is 11.5 Å². The Balaban J connectivity index is 0.000000509. The van der Waals surface area contributed by atoms with Crippen LogP contribution in [0.15, 0.2) is 12.1 Å². The van der Waals surface area contributed by atoms with Crippen molar-refractivity contribution in [1.82, 2.24) is 5.32 Å². The van der Waals surface area contributed by atoms with Gasteiger partial charge in [0.05, 0.1) is 0 Å². The number of aromatic hydroxyl groups is 2. The molecule has 3 N–H and O–H groups in total. The number of nitrogens with one attached hydrogen (secondary N) is 1. The summed E-state index contributed by atoms with van der Waals surface area (Å²) in [6.45, 7) is 8.42. The molecule has 90 valence electrons. The minimum Gasteiger partial charge on any atom is -0.504 e. The Morgan fingerprint density at radius 3 is 2.12 bits per heavy atom. The molecule has 0 saturated heterocycles. The lowest BCUT2D eigenvalue weighted by Gasteiger charge is -1.99. The van der Waals surface area contributed by atoms with Crippen LogP contribution in [0.2, 0.25) is 0 Å². The van der Waals surface area contributed by atoms with Crippen LogP contribution in [0.25, 0.3) is 0 Å². The number of rotatable bonds is 0. The molecular weight excluding hydrogens is 206 g/mol. The molecule has 2 rings (SSSR count). The molecule has 4 heteroatoms. The number of benzene rings is 1. The highest BCUT2D eigenvalue weighted by Gasteiger charge is 2.20. The molecule has 1 amide bonds. The number of carbonyl (C=O) groups excluding carboxylic acids is 1. The van der Waals surface area contributed by atoms with E-state index in [2.05, 4.69) is 5.32 Å². The lowest BCUT2D eigenvalue weighted by molar-refractivity contribution is 0.0965. The van der Waals surface area contributed by atoms with Gasteiger partial charge in [0.25, 0.3) is 5.91 Å². The van der Waals surface area contributed by atoms with Gasteiger partial charge in [-0.3, -0.25) is 4.79 Å². The number of hydrogen-bond donors (Lipinski definition) is 3. The van der Waals surface area contributed by atoms with E-state index in [0.717, 1.165) is 5.56 Å². The summed E-state index contributed by atoms with van der Waals surface area (Å²) in [5.74, 6) is -0.656. The van der Waals surface area contributed by atoms with Crippen LogP contribution in [-0.2, 0) is 6.54 Å². The van der Waals surface area contributed by atoms with Crippen LogP contribution in [0.3, 0.4) is 0 Å². The van der Waals surface area contributed by atoms with Crippen molar-refractivity contribution in [3.63, 3.8) is 0 Å². The molecule has 4 nitrogen and oxygen atoms in total. The maximum Gasteiger partial charge on any atom is 0.252 e. The molecule has 0 atom stereocenters. The zero-order valence-electron chi connectivity index (χ0n) is 10.2. The minimum atomic E-state index is -0.259. The van der Waals surface area contributed by atoms with E-state index in [1.807, 2.05) is 27.7 Å². The van der Waals surface area contributed by atoms with Crippen molar-refractivity contribution in [2.45, 2.75) is 34.2 Å². The molecule has 0 aromatic heterocycles. The quantitative estimate of drug-likeness (QED) is 0.594. The summed E-state index contributed by atoms with van der Waals surface area (Å²) >= 11 is 0. The molecule has 1 aliphatic heterocycles. The molecule has 0 saturated carbocycles. The number of carbonyl (C=O) groups is 1. The molecule has 1 aliphatic rings. The molecule has 1 aromatic carbocycles. The first-order valence-electron chi connectivity index (χ1n) is 5.51. The van der Waals surface area contributed by atoms with Crippen LogP contribution in [0.1, 0.15) is 43.6 Å². The van der Waals surface area contributed by atoms with Crippen molar-refractivity contribution in [1.29, 1.82) is 0 Å². The summed E-state index contributed by atoms with van der Waals surface area (Å²) < 4.78 is 0. The second-order valence-electron chi connectivity index (χ2n) is 2.68. The van der Waals surface area contributed by atoms with Gasteiger partial charge in [-0.15, -0.1) is 0 Å². The van der Waals surface area contributed by atoms with Crippen molar-refractivity contribution in [3.8, 4) is 11.5 Å². The molecule has 0 unspecified atom stereocenters. The molecular formula is C12H19NO3. The molecule has 0 fully saturated rings. The highest BCUT2D eigenvalue weighted by molar-refractivity contribution is 5.98. The largest absolute Gasteiger partial charge is 0.504 e. The Morgan fingerprint density at radius 1 is 1.06 bits per heavy atom. The van der Waals surface area contributed by atoms with Gasteiger partial charge in [0.2, 0.25) is 0 Å². The van der Waals surface area contributed by atoms with Crippen LogP contribution in [-0.4, -0.2) is 16.1 Å². The Labute approximate surface area is 95.9 Å². The third-order valence-electron chi connectivity index (χ3n) is 1.88. The first kappa shape index (κ1) is 14.3. The summed E-state index contributed by atoms with van der Waals surface area (Å²) in [6, 6.07) is 2.66. The molecule has 0 radical (unpaired) electrons. The number of amides is 1. The van der Waals surface area contributed by atoms with Crippen LogP contribution in [0.4, 0.5) is 0 Å². The zero-order chi connectivity index (χ0) is 12.7. The molecule has 1 aromatic rings. The summed E-state index contributed by atoms with van der Waals surface area (Å²) in [5.41, 5.74) is 1.15. The average Bonchev–Trinajstić information content (AvgIpc) is 2.67. The highest BCUT2D eigenvalue weighted by Crippen LogP contribution is 2.30. The van der Waals surface area contributed by atoms with Crippen LogP contribution >= 0.6 is 0 Å². The van der Waals surface area contributed by atoms with Gasteiger partial charge >= 0.3 is 0 Å². The highest BCUT2D eigenvalue weighted by atomic mass is 16.3. The van der Waals surface area contributed by atoms with Gasteiger partial charge < -0.3 is 15.5 Å². The SMILES string of the molecule is CC.CC.O=C1NCc2cc(O)c(O)cc21. The van der Waals surface area contributed by atoms with Gasteiger partial charge in [0.1, 0.15) is 0 Å². The molecule has 0 aliphatic carbocycles. The Morgan fingerprint density at radius 2 is 1.56 bits per heavy atom. The number of phenols is 2. The third kappa shape index (κ3) is 2.89. The van der Waals surface area contributed by atoms with E-state index in [0.29, 0.717) is 12.1 Å². The van der Waals surface area contributed by atoms with Gasteiger partial charge in [-0.25, -0.2) is 0 Å². The van der Waals surface area contributed by atoms with Gasteiger partial charge in [-0.1, -0.05) is 27.7 Å². The fourth-order valence-corrected chi connectivity index (χ4v) is 1.25. The average molecular weight is 225 g/mol. The fraction of sp³-hybridized carbons (Fsp3) is 0.417. The normalized spacial score (nSPS) is 11.4. The van der Waals surface area contributed by atoms with E-state index in [1.165, 1.54) is 12.1 Å². The summed E-state index contributed by atoms with van der Waals surface area (Å²) in [7, 11) is 0. The maximum atomic E-state index is 11.0. The van der Waals surface area contributed by atoms with Gasteiger partial charge in [-0.05, 0) is 17.7 Å². The topological polar surface area (TPSA) is 69.6 Å². The van der Waals surface area contributed by atoms with Crippen LogP contribution in [0, 0.1) is 0 Å². The van der Waals surface area contributed by atoms with E-state index in [4.69, 9.17) is 10.2 Å². The van der Waals surface area contributed by atoms with Crippen molar-refractivity contribution in [2.24, 2.45) is 0 Å². The van der Waals surface area contributed by atoms with E-state index >= 15 is 0 Å². The second-order valence-corrected chi connectivity index (χ2v) is 2.68. The van der Waals surface area contributed by atoms with Crippen molar-refractivity contribution in [2.75, 3.05) is 0 Å². The first-order valence-corrected chi connectivity index (χ1v) is 5.51. The Bertz CT molecular complexity index is 362. The smallest absolute Gasteiger partial charge is 0.252 e. The van der Waals surface area contributed by atoms with Gasteiger partial charge in [-0.2, -0.15) is 0 Å². The Hall–Kier alpha value is -1.71. The number of phenolic OH excluding ortho intramolecular Hbond substituents is 2. The molecule has 1 heterocycles. The van der Waals surface area contributed by atoms with Crippen molar-refractivity contribution < 1.29 is 15.0 Å². The van der Waals surface area contributed by atoms with Crippen molar-refractivity contribution >= 4 is 5.91 Å². The fourth-order valence-electron chi connectivity index (χ4n) is 1.25.